The highest BCUT2D eigenvalue weighted by Crippen LogP contribution is 2.46. The summed E-state index contributed by atoms with van der Waals surface area (Å²) in [6.45, 7) is 3.51. The summed E-state index contributed by atoms with van der Waals surface area (Å²) in [6, 6.07) is 9.16. The first-order chi connectivity index (χ1) is 16.5. The zero-order chi connectivity index (χ0) is 24.3. The van der Waals surface area contributed by atoms with Crippen LogP contribution in [0.4, 0.5) is 0 Å². The van der Waals surface area contributed by atoms with Crippen molar-refractivity contribution in [3.8, 4) is 0 Å². The largest absolute Gasteiger partial charge is 0.481 e. The Hall–Kier alpha value is -2.67. The lowest BCUT2D eigenvalue weighted by Gasteiger charge is -2.27. The topological polar surface area (TPSA) is 95.9 Å². The molecule has 0 aliphatic carbocycles. The number of nitrogens with one attached hydrogen (secondary N) is 1. The summed E-state index contributed by atoms with van der Waals surface area (Å²) in [5.74, 6) is 0.0781. The van der Waals surface area contributed by atoms with Gasteiger partial charge in [0.2, 0.25) is 5.91 Å². The predicted octanol–water partition coefficient (Wildman–Crippen LogP) is 4.04. The molecular formula is C27H38N2O5. The normalized spacial score (nSPS) is 23.3. The molecule has 2 saturated heterocycles. The summed E-state index contributed by atoms with van der Waals surface area (Å²) in [5, 5.41) is 11.8. The fourth-order valence-corrected chi connectivity index (χ4v) is 5.21. The third kappa shape index (κ3) is 7.42. The number of hydrogen-bond donors (Lipinski definition) is 2. The third-order valence-corrected chi connectivity index (χ3v) is 7.02. The van der Waals surface area contributed by atoms with Gasteiger partial charge >= 0.3 is 5.97 Å². The maximum atomic E-state index is 12.6. The first-order valence-corrected chi connectivity index (χ1v) is 12.6. The van der Waals surface area contributed by atoms with Crippen LogP contribution in [0.3, 0.4) is 0 Å². The number of allylic oxidation sites excluding steroid dienone is 2. The van der Waals surface area contributed by atoms with E-state index in [0.29, 0.717) is 56.0 Å². The molecule has 0 radical (unpaired) electrons. The van der Waals surface area contributed by atoms with E-state index in [1.165, 1.54) is 0 Å². The second-order valence-corrected chi connectivity index (χ2v) is 9.25. The quantitative estimate of drug-likeness (QED) is 0.316. The summed E-state index contributed by atoms with van der Waals surface area (Å²) in [6.07, 6.45) is 10.8. The van der Waals surface area contributed by atoms with Crippen LogP contribution < -0.4 is 5.32 Å². The van der Waals surface area contributed by atoms with Crippen molar-refractivity contribution in [1.29, 1.82) is 0 Å². The molecule has 1 aromatic carbocycles. The molecule has 4 atom stereocenters. The molecule has 2 bridgehead atoms. The van der Waals surface area contributed by atoms with E-state index < -0.39 is 5.97 Å². The summed E-state index contributed by atoms with van der Waals surface area (Å²) >= 11 is 0. The molecule has 2 aliphatic heterocycles. The van der Waals surface area contributed by atoms with Crippen molar-refractivity contribution in [3.63, 3.8) is 0 Å². The maximum Gasteiger partial charge on any atom is 0.303 e. The van der Waals surface area contributed by atoms with Gasteiger partial charge in [-0.15, -0.1) is 0 Å². The third-order valence-electron chi connectivity index (χ3n) is 7.02. The van der Waals surface area contributed by atoms with Gasteiger partial charge in [0, 0.05) is 38.0 Å². The standard InChI is InChI=1S/C27H38N2O5/c1-2-29(27(33)20-10-6-5-7-11-20)19-17-25(30)28-18-16-22-21(23-14-15-24(22)34-23)12-8-3-4-9-13-26(31)32/h3,5-8,10-11,21-24H,2,4,9,12-19H2,1H3,(H,28,30)(H,31,32)/t21-,22+,23-,24+/m1/s1. The van der Waals surface area contributed by atoms with Gasteiger partial charge in [0.05, 0.1) is 12.2 Å². The molecule has 7 nitrogen and oxygen atoms in total. The van der Waals surface area contributed by atoms with E-state index in [4.69, 9.17) is 9.84 Å². The van der Waals surface area contributed by atoms with E-state index >= 15 is 0 Å². The van der Waals surface area contributed by atoms with Crippen LogP contribution in [0.5, 0.6) is 0 Å². The molecule has 34 heavy (non-hydrogen) atoms. The number of nitrogens with zero attached hydrogens (tertiary/aromatic N) is 1. The lowest BCUT2D eigenvalue weighted by atomic mass is 9.76. The zero-order valence-corrected chi connectivity index (χ0v) is 20.2. The van der Waals surface area contributed by atoms with Gasteiger partial charge in [-0.25, -0.2) is 0 Å². The maximum absolute atomic E-state index is 12.6. The lowest BCUT2D eigenvalue weighted by Crippen LogP contribution is -2.36. The lowest BCUT2D eigenvalue weighted by molar-refractivity contribution is -0.137. The summed E-state index contributed by atoms with van der Waals surface area (Å²) in [4.78, 5) is 37.3. The molecule has 2 N–H and O–H groups in total. The van der Waals surface area contributed by atoms with Crippen molar-refractivity contribution >= 4 is 17.8 Å². The van der Waals surface area contributed by atoms with Gasteiger partial charge in [-0.1, -0.05) is 30.4 Å². The molecule has 186 valence electrons. The number of ether oxygens (including phenoxy) is 1. The van der Waals surface area contributed by atoms with Crippen LogP contribution in [-0.4, -0.2) is 59.6 Å². The predicted molar refractivity (Wildman–Crippen MR) is 130 cm³/mol. The number of carbonyl (C=O) groups is 3. The van der Waals surface area contributed by atoms with Gasteiger partial charge in [-0.05, 0) is 69.4 Å². The minimum absolute atomic E-state index is 0.0294. The molecule has 2 heterocycles. The van der Waals surface area contributed by atoms with E-state index in [0.717, 1.165) is 32.1 Å². The monoisotopic (exact) mass is 470 g/mol. The highest BCUT2D eigenvalue weighted by atomic mass is 16.5. The number of rotatable bonds is 14. The fourth-order valence-electron chi connectivity index (χ4n) is 5.21. The summed E-state index contributed by atoms with van der Waals surface area (Å²) in [5.41, 5.74) is 0.642. The van der Waals surface area contributed by atoms with E-state index in [1.807, 2.05) is 25.1 Å². The van der Waals surface area contributed by atoms with E-state index in [2.05, 4.69) is 17.5 Å². The summed E-state index contributed by atoms with van der Waals surface area (Å²) < 4.78 is 6.16. The Kier molecular flexibility index (Phi) is 10.1. The number of aliphatic carboxylic acids is 1. The first-order valence-electron chi connectivity index (χ1n) is 12.6. The molecule has 2 aliphatic rings. The van der Waals surface area contributed by atoms with Crippen molar-refractivity contribution in [2.24, 2.45) is 11.8 Å². The van der Waals surface area contributed by atoms with Crippen molar-refractivity contribution in [2.45, 2.75) is 70.5 Å². The second-order valence-electron chi connectivity index (χ2n) is 9.25. The smallest absolute Gasteiger partial charge is 0.303 e. The van der Waals surface area contributed by atoms with Crippen LogP contribution in [-0.2, 0) is 14.3 Å². The number of carboxylic acids is 1. The molecule has 3 rings (SSSR count). The zero-order valence-electron chi connectivity index (χ0n) is 20.2. The van der Waals surface area contributed by atoms with Gasteiger partial charge in [0.1, 0.15) is 0 Å². The first kappa shape index (κ1) is 25.9. The highest BCUT2D eigenvalue weighted by molar-refractivity contribution is 5.94. The van der Waals surface area contributed by atoms with Crippen LogP contribution in [0.1, 0.15) is 68.6 Å². The van der Waals surface area contributed by atoms with Crippen molar-refractivity contribution in [3.05, 3.63) is 48.0 Å². The summed E-state index contributed by atoms with van der Waals surface area (Å²) in [7, 11) is 0. The van der Waals surface area contributed by atoms with E-state index in [1.54, 1.807) is 17.0 Å². The average molecular weight is 471 g/mol. The average Bonchev–Trinajstić information content (AvgIpc) is 3.44. The van der Waals surface area contributed by atoms with E-state index in [-0.39, 0.29) is 24.3 Å². The van der Waals surface area contributed by atoms with Gasteiger partial charge < -0.3 is 20.1 Å². The number of hydrogen-bond acceptors (Lipinski definition) is 4. The second kappa shape index (κ2) is 13.3. The molecule has 7 heteroatoms. The van der Waals surface area contributed by atoms with E-state index in [9.17, 15) is 14.4 Å². The van der Waals surface area contributed by atoms with Crippen LogP contribution in [0.25, 0.3) is 0 Å². The molecule has 1 aromatic rings. The van der Waals surface area contributed by atoms with Crippen LogP contribution in [0, 0.1) is 11.8 Å². The van der Waals surface area contributed by atoms with Crippen LogP contribution >= 0.6 is 0 Å². The minimum atomic E-state index is -0.748. The molecule has 0 aromatic heterocycles. The number of unbranched alkanes of at least 4 members (excludes halogenated alkanes) is 1. The van der Waals surface area contributed by atoms with Crippen LogP contribution in [0.2, 0.25) is 0 Å². The van der Waals surface area contributed by atoms with Gasteiger partial charge in [-0.2, -0.15) is 0 Å². The minimum Gasteiger partial charge on any atom is -0.481 e. The Morgan fingerprint density at radius 2 is 1.82 bits per heavy atom. The Balaban J connectivity index is 1.38. The molecule has 2 fully saturated rings. The van der Waals surface area contributed by atoms with Crippen molar-refractivity contribution in [1.82, 2.24) is 10.2 Å². The fraction of sp³-hybridized carbons (Fsp3) is 0.593. The number of amides is 2. The molecule has 0 spiro atoms. The number of carboxylic acid groups (broad SMARTS) is 1. The Morgan fingerprint density at radius 1 is 1.09 bits per heavy atom. The van der Waals surface area contributed by atoms with Gasteiger partial charge in [0.25, 0.3) is 5.91 Å². The highest BCUT2D eigenvalue weighted by Gasteiger charge is 2.47. The van der Waals surface area contributed by atoms with Crippen LogP contribution in [0.15, 0.2) is 42.5 Å². The Bertz CT molecular complexity index is 841. The van der Waals surface area contributed by atoms with Gasteiger partial charge in [0.15, 0.2) is 0 Å². The number of carbonyl (C=O) groups excluding carboxylic acids is 2. The Labute approximate surface area is 202 Å². The Morgan fingerprint density at radius 3 is 2.53 bits per heavy atom. The number of fused-ring (bicyclic) bond motifs is 2. The molecule has 0 saturated carbocycles. The van der Waals surface area contributed by atoms with Gasteiger partial charge in [-0.3, -0.25) is 14.4 Å². The SMILES string of the molecule is CCN(CCC(=O)NCC[C@H]1[C@@H](CC=CCCCC(=O)O)[C@H]2CC[C@@H]1O2)C(=O)c1ccccc1. The van der Waals surface area contributed by atoms with Crippen molar-refractivity contribution in [2.75, 3.05) is 19.6 Å². The molecular weight excluding hydrogens is 432 g/mol. The van der Waals surface area contributed by atoms with Crippen molar-refractivity contribution < 1.29 is 24.2 Å². The molecule has 2 amide bonds. The molecule has 0 unspecified atom stereocenters. The number of benzene rings is 1.